The Morgan fingerprint density at radius 1 is 1.41 bits per heavy atom. The minimum absolute atomic E-state index is 0.455. The van der Waals surface area contributed by atoms with E-state index in [0.29, 0.717) is 11.5 Å². The van der Waals surface area contributed by atoms with Crippen LogP contribution in [-0.4, -0.2) is 18.1 Å². The number of nitrogens with zero attached hydrogens (tertiary/aromatic N) is 1. The lowest BCUT2D eigenvalue weighted by Gasteiger charge is -2.34. The molecule has 94 valence electrons. The second-order valence-corrected chi connectivity index (χ2v) is 6.33. The molecule has 1 aliphatic rings. The first kappa shape index (κ1) is 13.0. The number of hydrogen-bond acceptors (Lipinski definition) is 2. The number of likely N-dealkylation sites (N-methyl/N-ethyl adjacent to an activating group) is 1. The molecule has 1 heterocycles. The van der Waals surface area contributed by atoms with Crippen LogP contribution in [-0.2, 0) is 6.42 Å². The maximum atomic E-state index is 4.25. The normalized spacial score (nSPS) is 20.4. The fourth-order valence-electron chi connectivity index (χ4n) is 3.03. The number of aromatic nitrogens is 1. The van der Waals surface area contributed by atoms with E-state index in [2.05, 4.69) is 46.3 Å². The lowest BCUT2D eigenvalue weighted by Crippen LogP contribution is -2.41. The van der Waals surface area contributed by atoms with E-state index in [1.165, 1.54) is 31.2 Å². The van der Waals surface area contributed by atoms with E-state index in [0.717, 1.165) is 10.9 Å². The van der Waals surface area contributed by atoms with Gasteiger partial charge in [0, 0.05) is 22.9 Å². The van der Waals surface area contributed by atoms with Crippen molar-refractivity contribution in [2.45, 2.75) is 45.1 Å². The van der Waals surface area contributed by atoms with Gasteiger partial charge >= 0.3 is 0 Å². The van der Waals surface area contributed by atoms with Crippen LogP contribution in [0.4, 0.5) is 0 Å². The summed E-state index contributed by atoms with van der Waals surface area (Å²) in [4.78, 5) is 4.25. The Balaban J connectivity index is 2.09. The molecule has 1 fully saturated rings. The summed E-state index contributed by atoms with van der Waals surface area (Å²) >= 11 is 3.49. The van der Waals surface area contributed by atoms with E-state index < -0.39 is 0 Å². The molecule has 0 aliphatic heterocycles. The van der Waals surface area contributed by atoms with Gasteiger partial charge in [-0.3, -0.25) is 4.98 Å². The smallest absolute Gasteiger partial charge is 0.0410 e. The number of halogens is 1. The zero-order valence-corrected chi connectivity index (χ0v) is 12.3. The zero-order valence-electron chi connectivity index (χ0n) is 10.7. The zero-order chi connectivity index (χ0) is 12.3. The first-order chi connectivity index (χ1) is 8.14. The number of rotatable bonds is 4. The molecule has 1 saturated carbocycles. The Labute approximate surface area is 112 Å². The average Bonchev–Trinajstić information content (AvgIpc) is 2.74. The molecule has 1 aromatic rings. The molecule has 2 nitrogen and oxygen atoms in total. The van der Waals surface area contributed by atoms with Crippen molar-refractivity contribution < 1.29 is 0 Å². The number of nitrogens with one attached hydrogen (secondary N) is 1. The first-order valence-electron chi connectivity index (χ1n) is 6.41. The fourth-order valence-corrected chi connectivity index (χ4v) is 3.44. The standard InChI is InChI=1S/C14H21BrN2/c1-14(5-3-4-6-14)13(16-2)8-11-7-12(15)10-17-9-11/h7,9-10,13,16H,3-6,8H2,1-2H3. The molecular formula is C14H21BrN2. The van der Waals surface area contributed by atoms with E-state index in [9.17, 15) is 0 Å². The second-order valence-electron chi connectivity index (χ2n) is 5.42. The molecule has 0 bridgehead atoms. The van der Waals surface area contributed by atoms with E-state index >= 15 is 0 Å². The molecule has 17 heavy (non-hydrogen) atoms. The number of pyridine rings is 1. The molecule has 0 aromatic carbocycles. The third kappa shape index (κ3) is 3.08. The molecule has 0 radical (unpaired) electrons. The molecule has 1 unspecified atom stereocenters. The van der Waals surface area contributed by atoms with Gasteiger partial charge in [0.25, 0.3) is 0 Å². The van der Waals surface area contributed by atoms with Gasteiger partial charge < -0.3 is 5.32 Å². The van der Waals surface area contributed by atoms with Gasteiger partial charge in [-0.05, 0) is 59.3 Å². The van der Waals surface area contributed by atoms with E-state index in [-0.39, 0.29) is 0 Å². The highest BCUT2D eigenvalue weighted by Gasteiger charge is 2.35. The predicted octanol–water partition coefficient (Wildman–Crippen LogP) is 3.55. The fraction of sp³-hybridized carbons (Fsp3) is 0.643. The van der Waals surface area contributed by atoms with Crippen molar-refractivity contribution in [1.82, 2.24) is 10.3 Å². The molecule has 1 N–H and O–H groups in total. The van der Waals surface area contributed by atoms with E-state index in [1.807, 2.05) is 12.4 Å². The lowest BCUT2D eigenvalue weighted by atomic mass is 9.78. The van der Waals surface area contributed by atoms with Crippen molar-refractivity contribution in [2.24, 2.45) is 5.41 Å². The highest BCUT2D eigenvalue weighted by molar-refractivity contribution is 9.10. The van der Waals surface area contributed by atoms with Gasteiger partial charge in [0.05, 0.1) is 0 Å². The summed E-state index contributed by atoms with van der Waals surface area (Å²) in [6, 6.07) is 2.73. The summed E-state index contributed by atoms with van der Waals surface area (Å²) in [7, 11) is 2.08. The maximum absolute atomic E-state index is 4.25. The quantitative estimate of drug-likeness (QED) is 0.919. The molecule has 0 amide bonds. The summed E-state index contributed by atoms with van der Waals surface area (Å²) in [6.07, 6.45) is 10.3. The largest absolute Gasteiger partial charge is 0.316 e. The Morgan fingerprint density at radius 3 is 2.71 bits per heavy atom. The molecule has 1 aliphatic carbocycles. The van der Waals surface area contributed by atoms with Crippen LogP contribution in [0.1, 0.15) is 38.2 Å². The molecule has 3 heteroatoms. The van der Waals surface area contributed by atoms with Crippen LogP contribution in [0.2, 0.25) is 0 Å². The summed E-state index contributed by atoms with van der Waals surface area (Å²) < 4.78 is 1.07. The lowest BCUT2D eigenvalue weighted by molar-refractivity contribution is 0.229. The van der Waals surface area contributed by atoms with Crippen molar-refractivity contribution in [3.63, 3.8) is 0 Å². The molecule has 0 spiro atoms. The van der Waals surface area contributed by atoms with Gasteiger partial charge in [0.1, 0.15) is 0 Å². The molecule has 0 saturated heterocycles. The Bertz CT molecular complexity index is 372. The van der Waals surface area contributed by atoms with Gasteiger partial charge in [-0.15, -0.1) is 0 Å². The van der Waals surface area contributed by atoms with Crippen molar-refractivity contribution in [3.8, 4) is 0 Å². The summed E-state index contributed by atoms with van der Waals surface area (Å²) in [5, 5.41) is 3.51. The van der Waals surface area contributed by atoms with Gasteiger partial charge in [0.15, 0.2) is 0 Å². The molecule has 2 rings (SSSR count). The van der Waals surface area contributed by atoms with Crippen molar-refractivity contribution in [3.05, 3.63) is 28.5 Å². The van der Waals surface area contributed by atoms with Crippen LogP contribution in [0.3, 0.4) is 0 Å². The summed E-state index contributed by atoms with van der Waals surface area (Å²) in [5.74, 6) is 0. The van der Waals surface area contributed by atoms with Gasteiger partial charge in [-0.1, -0.05) is 19.8 Å². The predicted molar refractivity (Wildman–Crippen MR) is 75.1 cm³/mol. The third-order valence-electron chi connectivity index (χ3n) is 4.14. The maximum Gasteiger partial charge on any atom is 0.0410 e. The van der Waals surface area contributed by atoms with Crippen LogP contribution >= 0.6 is 15.9 Å². The summed E-state index contributed by atoms with van der Waals surface area (Å²) in [6.45, 7) is 2.42. The topological polar surface area (TPSA) is 24.9 Å². The Kier molecular flexibility index (Phi) is 4.21. The van der Waals surface area contributed by atoms with Crippen LogP contribution in [0.5, 0.6) is 0 Å². The monoisotopic (exact) mass is 296 g/mol. The Hall–Kier alpha value is -0.410. The van der Waals surface area contributed by atoms with Gasteiger partial charge in [0.2, 0.25) is 0 Å². The number of hydrogen-bond donors (Lipinski definition) is 1. The third-order valence-corrected chi connectivity index (χ3v) is 4.57. The van der Waals surface area contributed by atoms with Crippen molar-refractivity contribution >= 4 is 15.9 Å². The molecule has 1 aromatic heterocycles. The summed E-state index contributed by atoms with van der Waals surface area (Å²) in [5.41, 5.74) is 1.77. The first-order valence-corrected chi connectivity index (χ1v) is 7.20. The highest BCUT2D eigenvalue weighted by atomic mass is 79.9. The van der Waals surface area contributed by atoms with Crippen LogP contribution in [0.15, 0.2) is 22.9 Å². The second kappa shape index (κ2) is 5.49. The van der Waals surface area contributed by atoms with Gasteiger partial charge in [-0.25, -0.2) is 0 Å². The van der Waals surface area contributed by atoms with Crippen LogP contribution < -0.4 is 5.32 Å². The highest BCUT2D eigenvalue weighted by Crippen LogP contribution is 2.41. The van der Waals surface area contributed by atoms with Gasteiger partial charge in [-0.2, -0.15) is 0 Å². The van der Waals surface area contributed by atoms with E-state index in [4.69, 9.17) is 0 Å². The van der Waals surface area contributed by atoms with Crippen molar-refractivity contribution in [2.75, 3.05) is 7.05 Å². The average molecular weight is 297 g/mol. The SMILES string of the molecule is CNC(Cc1cncc(Br)c1)C1(C)CCCC1. The minimum atomic E-state index is 0.455. The van der Waals surface area contributed by atoms with E-state index in [1.54, 1.807) is 0 Å². The van der Waals surface area contributed by atoms with Crippen LogP contribution in [0.25, 0.3) is 0 Å². The molecular weight excluding hydrogens is 276 g/mol. The minimum Gasteiger partial charge on any atom is -0.316 e. The molecule has 1 atom stereocenters. The van der Waals surface area contributed by atoms with Crippen molar-refractivity contribution in [1.29, 1.82) is 0 Å². The van der Waals surface area contributed by atoms with Crippen LogP contribution in [0, 0.1) is 5.41 Å². The Morgan fingerprint density at radius 2 is 2.12 bits per heavy atom.